The number of rotatable bonds is 6. The third-order valence-corrected chi connectivity index (χ3v) is 3.73. The van der Waals surface area contributed by atoms with Crippen LogP contribution in [0.3, 0.4) is 0 Å². The predicted octanol–water partition coefficient (Wildman–Crippen LogP) is 3.09. The lowest BCUT2D eigenvalue weighted by atomic mass is 10.1. The molecule has 0 aliphatic carbocycles. The highest BCUT2D eigenvalue weighted by atomic mass is 19.1. The van der Waals surface area contributed by atoms with E-state index in [0.29, 0.717) is 18.9 Å². The van der Waals surface area contributed by atoms with Gasteiger partial charge in [0.2, 0.25) is 0 Å². The molecule has 0 fully saturated rings. The van der Waals surface area contributed by atoms with Crippen molar-refractivity contribution in [1.82, 2.24) is 9.55 Å². The lowest BCUT2D eigenvalue weighted by Crippen LogP contribution is -2.25. The molecular weight excluding hydrogens is 305 g/mol. The zero-order chi connectivity index (χ0) is 16.8. The van der Waals surface area contributed by atoms with E-state index in [-0.39, 0.29) is 11.4 Å². The first-order valence-electron chi connectivity index (χ1n) is 7.80. The molecule has 0 amide bonds. The van der Waals surface area contributed by atoms with Crippen LogP contribution in [0.5, 0.6) is 0 Å². The standard InChI is InChI=1S/C19H18FN3O/c20-17-8-6-16(7-9-17)14-23-13-12-22-18(19(23)24)21-11-10-15-4-2-1-3-5-15/h1-9,12-13H,10-11,14H2,(H,21,22). The number of nitrogens with one attached hydrogen (secondary N) is 1. The van der Waals surface area contributed by atoms with E-state index in [9.17, 15) is 9.18 Å². The van der Waals surface area contributed by atoms with Crippen molar-refractivity contribution >= 4 is 5.82 Å². The minimum absolute atomic E-state index is 0.185. The molecule has 1 N–H and O–H groups in total. The highest BCUT2D eigenvalue weighted by Gasteiger charge is 2.05. The molecule has 24 heavy (non-hydrogen) atoms. The van der Waals surface area contributed by atoms with Gasteiger partial charge in [0, 0.05) is 18.9 Å². The van der Waals surface area contributed by atoms with Crippen LogP contribution >= 0.6 is 0 Å². The molecule has 0 saturated carbocycles. The van der Waals surface area contributed by atoms with Crippen molar-refractivity contribution in [1.29, 1.82) is 0 Å². The summed E-state index contributed by atoms with van der Waals surface area (Å²) >= 11 is 0. The van der Waals surface area contributed by atoms with Crippen molar-refractivity contribution in [2.45, 2.75) is 13.0 Å². The highest BCUT2D eigenvalue weighted by molar-refractivity contribution is 5.32. The molecule has 2 aromatic carbocycles. The molecule has 0 aliphatic rings. The Morgan fingerprint density at radius 1 is 1.00 bits per heavy atom. The number of hydrogen-bond donors (Lipinski definition) is 1. The van der Waals surface area contributed by atoms with Crippen molar-refractivity contribution in [2.75, 3.05) is 11.9 Å². The molecule has 0 atom stereocenters. The van der Waals surface area contributed by atoms with E-state index >= 15 is 0 Å². The molecule has 0 bridgehead atoms. The van der Waals surface area contributed by atoms with Gasteiger partial charge in [-0.1, -0.05) is 42.5 Å². The van der Waals surface area contributed by atoms with Crippen LogP contribution in [0.15, 0.2) is 71.8 Å². The summed E-state index contributed by atoms with van der Waals surface area (Å²) in [6.45, 7) is 1.02. The third kappa shape index (κ3) is 4.07. The van der Waals surface area contributed by atoms with E-state index in [1.54, 1.807) is 29.1 Å². The zero-order valence-corrected chi connectivity index (χ0v) is 13.2. The Balaban J connectivity index is 1.66. The van der Waals surface area contributed by atoms with Crippen molar-refractivity contribution in [3.05, 3.63) is 94.3 Å². The smallest absolute Gasteiger partial charge is 0.293 e. The molecule has 3 rings (SSSR count). The Morgan fingerprint density at radius 3 is 2.50 bits per heavy atom. The maximum Gasteiger partial charge on any atom is 0.293 e. The highest BCUT2D eigenvalue weighted by Crippen LogP contribution is 2.05. The van der Waals surface area contributed by atoms with Gasteiger partial charge in [-0.2, -0.15) is 0 Å². The van der Waals surface area contributed by atoms with E-state index in [0.717, 1.165) is 12.0 Å². The summed E-state index contributed by atoms with van der Waals surface area (Å²) in [6.07, 6.45) is 4.04. The van der Waals surface area contributed by atoms with Crippen LogP contribution in [-0.2, 0) is 13.0 Å². The van der Waals surface area contributed by atoms with E-state index in [1.807, 2.05) is 30.3 Å². The fraction of sp³-hybridized carbons (Fsp3) is 0.158. The molecule has 122 valence electrons. The van der Waals surface area contributed by atoms with Crippen molar-refractivity contribution in [3.63, 3.8) is 0 Å². The van der Waals surface area contributed by atoms with Gasteiger partial charge in [-0.25, -0.2) is 9.37 Å². The van der Waals surface area contributed by atoms with Crippen LogP contribution in [0.1, 0.15) is 11.1 Å². The molecule has 5 heteroatoms. The van der Waals surface area contributed by atoms with Gasteiger partial charge in [0.1, 0.15) is 5.82 Å². The lowest BCUT2D eigenvalue weighted by Gasteiger charge is -2.09. The topological polar surface area (TPSA) is 46.9 Å². The van der Waals surface area contributed by atoms with E-state index in [1.165, 1.54) is 17.7 Å². The maximum absolute atomic E-state index is 13.0. The Morgan fingerprint density at radius 2 is 1.75 bits per heavy atom. The molecule has 0 saturated heterocycles. The Labute approximate surface area is 139 Å². The summed E-state index contributed by atoms with van der Waals surface area (Å²) < 4.78 is 14.5. The first-order chi connectivity index (χ1) is 11.7. The van der Waals surface area contributed by atoms with Crippen LogP contribution in [0.4, 0.5) is 10.2 Å². The van der Waals surface area contributed by atoms with Gasteiger partial charge in [-0.3, -0.25) is 4.79 Å². The number of halogens is 1. The molecule has 1 heterocycles. The molecule has 0 radical (unpaired) electrons. The first-order valence-corrected chi connectivity index (χ1v) is 7.80. The van der Waals surface area contributed by atoms with Gasteiger partial charge >= 0.3 is 0 Å². The Bertz CT molecular complexity index is 844. The zero-order valence-electron chi connectivity index (χ0n) is 13.2. The normalized spacial score (nSPS) is 10.5. The summed E-state index contributed by atoms with van der Waals surface area (Å²) in [5.41, 5.74) is 1.88. The van der Waals surface area contributed by atoms with Crippen molar-refractivity contribution in [2.24, 2.45) is 0 Å². The summed E-state index contributed by atoms with van der Waals surface area (Å²) in [5, 5.41) is 3.09. The van der Waals surface area contributed by atoms with Crippen LogP contribution in [0.25, 0.3) is 0 Å². The predicted molar refractivity (Wildman–Crippen MR) is 92.6 cm³/mol. The van der Waals surface area contributed by atoms with Crippen LogP contribution < -0.4 is 10.9 Å². The summed E-state index contributed by atoms with van der Waals surface area (Å²) in [4.78, 5) is 16.6. The second-order valence-electron chi connectivity index (χ2n) is 5.50. The SMILES string of the molecule is O=c1c(NCCc2ccccc2)nccn1Cc1ccc(F)cc1. The van der Waals surface area contributed by atoms with E-state index in [2.05, 4.69) is 10.3 Å². The fourth-order valence-electron chi connectivity index (χ4n) is 2.45. The van der Waals surface area contributed by atoms with Gasteiger partial charge in [0.05, 0.1) is 6.54 Å². The van der Waals surface area contributed by atoms with Gasteiger partial charge in [0.25, 0.3) is 5.56 Å². The van der Waals surface area contributed by atoms with Gasteiger partial charge in [-0.15, -0.1) is 0 Å². The van der Waals surface area contributed by atoms with E-state index < -0.39 is 0 Å². The number of benzene rings is 2. The van der Waals surface area contributed by atoms with Gasteiger partial charge in [0.15, 0.2) is 5.82 Å². The summed E-state index contributed by atoms with van der Waals surface area (Å²) in [6, 6.07) is 16.2. The second kappa shape index (κ2) is 7.55. The summed E-state index contributed by atoms with van der Waals surface area (Å²) in [5.74, 6) is 0.0413. The molecule has 0 spiro atoms. The largest absolute Gasteiger partial charge is 0.365 e. The van der Waals surface area contributed by atoms with E-state index in [4.69, 9.17) is 0 Å². The van der Waals surface area contributed by atoms with Crippen molar-refractivity contribution < 1.29 is 4.39 Å². The minimum atomic E-state index is -0.288. The monoisotopic (exact) mass is 323 g/mol. The van der Waals surface area contributed by atoms with Gasteiger partial charge < -0.3 is 9.88 Å². The second-order valence-corrected chi connectivity index (χ2v) is 5.50. The number of nitrogens with zero attached hydrogens (tertiary/aromatic N) is 2. The average Bonchev–Trinajstić information content (AvgIpc) is 2.61. The third-order valence-electron chi connectivity index (χ3n) is 3.73. The molecule has 4 nitrogen and oxygen atoms in total. The number of anilines is 1. The van der Waals surface area contributed by atoms with Crippen LogP contribution in [0.2, 0.25) is 0 Å². The Kier molecular flexibility index (Phi) is 5.01. The summed E-state index contributed by atoms with van der Waals surface area (Å²) in [7, 11) is 0. The van der Waals surface area contributed by atoms with Gasteiger partial charge in [-0.05, 0) is 29.7 Å². The average molecular weight is 323 g/mol. The maximum atomic E-state index is 13.0. The minimum Gasteiger partial charge on any atom is -0.365 e. The lowest BCUT2D eigenvalue weighted by molar-refractivity contribution is 0.626. The fourth-order valence-corrected chi connectivity index (χ4v) is 2.45. The van der Waals surface area contributed by atoms with Crippen LogP contribution in [-0.4, -0.2) is 16.1 Å². The van der Waals surface area contributed by atoms with Crippen molar-refractivity contribution in [3.8, 4) is 0 Å². The Hall–Kier alpha value is -2.95. The molecular formula is C19H18FN3O. The molecule has 0 unspecified atom stereocenters. The molecule has 0 aliphatic heterocycles. The quantitative estimate of drug-likeness (QED) is 0.758. The molecule has 3 aromatic rings. The first kappa shape index (κ1) is 15.9. The number of hydrogen-bond acceptors (Lipinski definition) is 3. The van der Waals surface area contributed by atoms with Crippen LogP contribution in [0, 0.1) is 5.82 Å². The number of aromatic nitrogens is 2. The molecule has 1 aromatic heterocycles.